The van der Waals surface area contributed by atoms with Crippen LogP contribution in [0.2, 0.25) is 0 Å². The molecule has 0 aliphatic heterocycles. The second-order valence-electron chi connectivity index (χ2n) is 18.1. The van der Waals surface area contributed by atoms with Crippen molar-refractivity contribution in [3.63, 3.8) is 0 Å². The molecule has 1 atom stereocenters. The summed E-state index contributed by atoms with van der Waals surface area (Å²) in [7, 11) is 0. The second kappa shape index (κ2) is 55.7. The van der Waals surface area contributed by atoms with Crippen LogP contribution < -0.4 is 0 Å². The average Bonchev–Trinajstić information content (AvgIpc) is 3.34. The number of rotatable bonds is 49. The van der Waals surface area contributed by atoms with Crippen LogP contribution in [0.1, 0.15) is 245 Å². The normalized spacial score (nSPS) is 12.9. The Kier molecular flexibility index (Phi) is 52.4. The molecule has 0 saturated carbocycles. The molecule has 6 heteroatoms. The molecule has 0 aromatic heterocycles. The van der Waals surface area contributed by atoms with E-state index in [-0.39, 0.29) is 37.5 Å². The van der Waals surface area contributed by atoms with Gasteiger partial charge in [-0.25, -0.2) is 0 Å². The van der Waals surface area contributed by atoms with E-state index in [9.17, 15) is 14.4 Å². The van der Waals surface area contributed by atoms with Gasteiger partial charge < -0.3 is 14.2 Å². The summed E-state index contributed by atoms with van der Waals surface area (Å²) < 4.78 is 16.8. The first-order chi connectivity index (χ1) is 33.5. The molecule has 0 fully saturated rings. The number of esters is 3. The molecule has 6 nitrogen and oxygen atoms in total. The van der Waals surface area contributed by atoms with Gasteiger partial charge in [0, 0.05) is 19.3 Å². The van der Waals surface area contributed by atoms with Gasteiger partial charge in [0.1, 0.15) is 13.2 Å². The van der Waals surface area contributed by atoms with E-state index >= 15 is 0 Å². The molecule has 0 N–H and O–H groups in total. The maximum absolute atomic E-state index is 12.8. The quantitative estimate of drug-likeness (QED) is 0.0262. The van der Waals surface area contributed by atoms with Crippen molar-refractivity contribution >= 4 is 17.9 Å². The lowest BCUT2D eigenvalue weighted by Crippen LogP contribution is -2.30. The summed E-state index contributed by atoms with van der Waals surface area (Å²) in [5, 5.41) is 0. The number of carbonyl (C=O) groups is 3. The van der Waals surface area contributed by atoms with E-state index in [0.29, 0.717) is 19.3 Å². The summed E-state index contributed by atoms with van der Waals surface area (Å²) in [5.74, 6) is -0.993. The fraction of sp³-hybridized carbons (Fsp3) is 0.661. The molecule has 0 saturated heterocycles. The van der Waals surface area contributed by atoms with Gasteiger partial charge in [0.25, 0.3) is 0 Å². The second-order valence-corrected chi connectivity index (χ2v) is 18.1. The van der Waals surface area contributed by atoms with Crippen molar-refractivity contribution in [2.75, 3.05) is 13.2 Å². The summed E-state index contributed by atoms with van der Waals surface area (Å²) in [5.41, 5.74) is 0. The van der Waals surface area contributed by atoms with Crippen LogP contribution in [-0.4, -0.2) is 37.2 Å². The van der Waals surface area contributed by atoms with Crippen molar-refractivity contribution in [2.24, 2.45) is 0 Å². The average molecular weight is 943 g/mol. The highest BCUT2D eigenvalue weighted by Gasteiger charge is 2.19. The molecule has 0 heterocycles. The van der Waals surface area contributed by atoms with Gasteiger partial charge in [-0.15, -0.1) is 0 Å². The van der Waals surface area contributed by atoms with Gasteiger partial charge in [0.2, 0.25) is 0 Å². The monoisotopic (exact) mass is 943 g/mol. The van der Waals surface area contributed by atoms with E-state index in [1.54, 1.807) is 0 Å². The summed E-state index contributed by atoms with van der Waals surface area (Å²) in [4.78, 5) is 38.1. The van der Waals surface area contributed by atoms with Crippen molar-refractivity contribution in [3.8, 4) is 0 Å². The largest absolute Gasteiger partial charge is 0.462 e. The van der Waals surface area contributed by atoms with Crippen LogP contribution in [0.15, 0.2) is 109 Å². The molecule has 0 aliphatic rings. The maximum Gasteiger partial charge on any atom is 0.306 e. The van der Waals surface area contributed by atoms with E-state index in [0.717, 1.165) is 116 Å². The Labute approximate surface area is 419 Å². The minimum Gasteiger partial charge on any atom is -0.462 e. The first-order valence-electron chi connectivity index (χ1n) is 27.9. The molecule has 0 aromatic carbocycles. The first-order valence-corrected chi connectivity index (χ1v) is 27.9. The number of hydrogen-bond acceptors (Lipinski definition) is 6. The maximum atomic E-state index is 12.8. The zero-order valence-corrected chi connectivity index (χ0v) is 44.1. The molecule has 1 unspecified atom stereocenters. The Morgan fingerprint density at radius 1 is 0.309 bits per heavy atom. The SMILES string of the molecule is CC/C=C\C/C=C\C/C=C\C/C=C\C/C=C\CCCC(=O)OC(COC(=O)CCCCCCC/C=C\C/C=C\CCCCC)COC(=O)CCCCCCCCC/C=C\C/C=C\CCCCCC. The first kappa shape index (κ1) is 64.1. The van der Waals surface area contributed by atoms with Crippen LogP contribution in [0, 0.1) is 0 Å². The van der Waals surface area contributed by atoms with Crippen molar-refractivity contribution < 1.29 is 28.6 Å². The molecule has 0 amide bonds. The minimum atomic E-state index is -0.819. The van der Waals surface area contributed by atoms with Crippen LogP contribution in [0.3, 0.4) is 0 Å². The van der Waals surface area contributed by atoms with Crippen molar-refractivity contribution in [1.82, 2.24) is 0 Å². The van der Waals surface area contributed by atoms with Crippen LogP contribution in [-0.2, 0) is 28.6 Å². The fourth-order valence-electron chi connectivity index (χ4n) is 7.30. The van der Waals surface area contributed by atoms with E-state index in [1.807, 2.05) is 0 Å². The predicted molar refractivity (Wildman–Crippen MR) is 293 cm³/mol. The Hall–Kier alpha value is -3.93. The van der Waals surface area contributed by atoms with Crippen molar-refractivity contribution in [3.05, 3.63) is 109 Å². The summed E-state index contributed by atoms with van der Waals surface area (Å²) in [6.45, 7) is 6.41. The smallest absolute Gasteiger partial charge is 0.306 e. The summed E-state index contributed by atoms with van der Waals surface area (Å²) in [6.07, 6.45) is 75.0. The van der Waals surface area contributed by atoms with Gasteiger partial charge in [-0.05, 0) is 122 Å². The van der Waals surface area contributed by atoms with Gasteiger partial charge in [0.15, 0.2) is 6.10 Å². The topological polar surface area (TPSA) is 78.9 Å². The zero-order valence-electron chi connectivity index (χ0n) is 44.1. The highest BCUT2D eigenvalue weighted by atomic mass is 16.6. The lowest BCUT2D eigenvalue weighted by Gasteiger charge is -2.18. The zero-order chi connectivity index (χ0) is 49.3. The standard InChI is InChI=1S/C62H102O6/c1-4-7-10-13-16-19-22-25-28-30-32-34-37-40-43-46-49-52-55-61(64)67-58-59(57-66-60(63)54-51-48-45-42-39-36-33-27-24-21-18-15-12-9-6-3)68-62(65)56-53-50-47-44-41-38-35-31-29-26-23-20-17-14-11-8-5-2/h8,11,17-22,26-30,33,35,38,44,47,59H,4-7,9-10,12-16,23-25,31-32,34,36-37,39-43,45-46,48-58H2,1-3H3/b11-8-,20-17-,21-18-,22-19-,29-26-,30-28-,33-27-,38-35-,47-44-. The third-order valence-electron chi connectivity index (χ3n) is 11.5. The van der Waals surface area contributed by atoms with Crippen LogP contribution in [0.25, 0.3) is 0 Å². The molecule has 0 aliphatic carbocycles. The molecule has 0 rings (SSSR count). The van der Waals surface area contributed by atoms with E-state index < -0.39 is 6.10 Å². The number of allylic oxidation sites excluding steroid dienone is 18. The highest BCUT2D eigenvalue weighted by molar-refractivity contribution is 5.71. The lowest BCUT2D eigenvalue weighted by atomic mass is 10.1. The van der Waals surface area contributed by atoms with Crippen LogP contribution in [0.4, 0.5) is 0 Å². The number of carbonyl (C=O) groups excluding carboxylic acids is 3. The van der Waals surface area contributed by atoms with E-state index in [2.05, 4.69) is 130 Å². The van der Waals surface area contributed by atoms with Gasteiger partial charge in [0.05, 0.1) is 0 Å². The third-order valence-corrected chi connectivity index (χ3v) is 11.5. The van der Waals surface area contributed by atoms with Crippen molar-refractivity contribution in [2.45, 2.75) is 252 Å². The number of unbranched alkanes of at least 4 members (excludes halogenated alkanes) is 20. The molecule has 0 spiro atoms. The molecule has 0 aromatic rings. The highest BCUT2D eigenvalue weighted by Crippen LogP contribution is 2.13. The van der Waals surface area contributed by atoms with E-state index in [4.69, 9.17) is 14.2 Å². The van der Waals surface area contributed by atoms with Crippen LogP contribution in [0.5, 0.6) is 0 Å². The Bertz CT molecular complexity index is 1410. The van der Waals surface area contributed by atoms with Crippen molar-refractivity contribution in [1.29, 1.82) is 0 Å². The summed E-state index contributed by atoms with van der Waals surface area (Å²) in [6, 6.07) is 0. The molecular weight excluding hydrogens is 841 g/mol. The van der Waals surface area contributed by atoms with Gasteiger partial charge in [-0.3, -0.25) is 14.4 Å². The van der Waals surface area contributed by atoms with Gasteiger partial charge >= 0.3 is 17.9 Å². The number of hydrogen-bond donors (Lipinski definition) is 0. The Morgan fingerprint density at radius 2 is 0.588 bits per heavy atom. The summed E-state index contributed by atoms with van der Waals surface area (Å²) >= 11 is 0. The predicted octanol–water partition coefficient (Wildman–Crippen LogP) is 18.7. The Balaban J connectivity index is 4.52. The molecule has 68 heavy (non-hydrogen) atoms. The molecule has 386 valence electrons. The Morgan fingerprint density at radius 3 is 0.971 bits per heavy atom. The minimum absolute atomic E-state index is 0.111. The molecular formula is C62H102O6. The third kappa shape index (κ3) is 53.0. The lowest BCUT2D eigenvalue weighted by molar-refractivity contribution is -0.167. The molecule has 0 radical (unpaired) electrons. The number of ether oxygens (including phenoxy) is 3. The van der Waals surface area contributed by atoms with E-state index in [1.165, 1.54) is 83.5 Å². The van der Waals surface area contributed by atoms with Gasteiger partial charge in [-0.1, -0.05) is 214 Å². The molecule has 0 bridgehead atoms. The van der Waals surface area contributed by atoms with Gasteiger partial charge in [-0.2, -0.15) is 0 Å². The van der Waals surface area contributed by atoms with Crippen LogP contribution >= 0.6 is 0 Å². The fourth-order valence-corrected chi connectivity index (χ4v) is 7.30.